The monoisotopic (exact) mass is 287 g/mol. The fraction of sp³-hybridized carbons (Fsp3) is 0.500. The molecule has 1 fully saturated rings. The molecule has 3 nitrogen and oxygen atoms in total. The maximum atomic E-state index is 4.41. The van der Waals surface area contributed by atoms with Crippen molar-refractivity contribution in [2.75, 3.05) is 37.3 Å². The van der Waals surface area contributed by atoms with Crippen LogP contribution in [0.5, 0.6) is 0 Å². The minimum Gasteiger partial charge on any atom is -0.354 e. The second-order valence-electron chi connectivity index (χ2n) is 3.43. The van der Waals surface area contributed by atoms with Crippen LogP contribution in [0.4, 0.5) is 5.82 Å². The molecule has 0 bridgehead atoms. The smallest absolute Gasteiger partial charge is 0.128 e. The Bertz CT molecular complexity index is 309. The highest BCUT2D eigenvalue weighted by Crippen LogP contribution is 2.18. The van der Waals surface area contributed by atoms with E-state index in [4.69, 9.17) is 0 Å². The summed E-state index contributed by atoms with van der Waals surface area (Å²) in [6.45, 7) is 4.35. The van der Waals surface area contributed by atoms with Gasteiger partial charge >= 0.3 is 0 Å². The summed E-state index contributed by atoms with van der Waals surface area (Å²) >= 11 is 5.22. The second kappa shape index (κ2) is 5.18. The van der Waals surface area contributed by atoms with Crippen LogP contribution in [0.3, 0.4) is 0 Å². The molecule has 0 N–H and O–H groups in total. The fourth-order valence-corrected chi connectivity index (χ4v) is 2.42. The molecule has 0 radical (unpaired) electrons. The first-order chi connectivity index (χ1) is 7.29. The first-order valence-electron chi connectivity index (χ1n) is 4.95. The first kappa shape index (κ1) is 11.2. The van der Waals surface area contributed by atoms with E-state index in [1.54, 1.807) is 0 Å². The predicted molar refractivity (Wildman–Crippen MR) is 69.2 cm³/mol. The lowest BCUT2D eigenvalue weighted by atomic mass is 10.3. The van der Waals surface area contributed by atoms with Gasteiger partial charge < -0.3 is 4.90 Å². The molecule has 82 valence electrons. The van der Waals surface area contributed by atoms with Crippen molar-refractivity contribution < 1.29 is 0 Å². The first-order valence-corrected chi connectivity index (χ1v) is 6.92. The zero-order valence-corrected chi connectivity index (χ0v) is 11.1. The Kier molecular flexibility index (Phi) is 3.88. The van der Waals surface area contributed by atoms with Gasteiger partial charge in [0.05, 0.1) is 0 Å². The molecular weight excluding hydrogens is 274 g/mol. The van der Waals surface area contributed by atoms with Crippen molar-refractivity contribution in [3.05, 3.63) is 22.8 Å². The highest BCUT2D eigenvalue weighted by Gasteiger charge is 2.16. The molecule has 0 amide bonds. The molecule has 0 saturated carbocycles. The van der Waals surface area contributed by atoms with Crippen molar-refractivity contribution in [1.29, 1.82) is 0 Å². The molecule has 0 aromatic carbocycles. The third kappa shape index (κ3) is 2.86. The number of piperazine rings is 1. The van der Waals surface area contributed by atoms with Gasteiger partial charge in [-0.1, -0.05) is 11.9 Å². The van der Waals surface area contributed by atoms with Crippen LogP contribution in [0.15, 0.2) is 22.8 Å². The number of rotatable bonds is 2. The Morgan fingerprint density at radius 3 is 2.53 bits per heavy atom. The minimum absolute atomic E-state index is 1.04. The number of nitrogens with zero attached hydrogens (tertiary/aromatic N) is 3. The van der Waals surface area contributed by atoms with Gasteiger partial charge in [0.25, 0.3) is 0 Å². The quantitative estimate of drug-likeness (QED) is 0.777. The van der Waals surface area contributed by atoms with Crippen molar-refractivity contribution in [2.45, 2.75) is 0 Å². The fourth-order valence-electron chi connectivity index (χ4n) is 1.65. The average Bonchev–Trinajstić information content (AvgIpc) is 2.30. The molecule has 1 aliphatic rings. The zero-order chi connectivity index (χ0) is 10.7. The lowest BCUT2D eigenvalue weighted by Crippen LogP contribution is -2.43. The second-order valence-corrected chi connectivity index (χ2v) is 5.23. The van der Waals surface area contributed by atoms with Gasteiger partial charge in [0.1, 0.15) is 5.82 Å². The average molecular weight is 288 g/mol. The van der Waals surface area contributed by atoms with Gasteiger partial charge in [-0.2, -0.15) is 0 Å². The van der Waals surface area contributed by atoms with Crippen LogP contribution in [0.1, 0.15) is 0 Å². The Balaban J connectivity index is 1.98. The summed E-state index contributed by atoms with van der Waals surface area (Å²) in [4.78, 5) is 6.74. The van der Waals surface area contributed by atoms with E-state index in [9.17, 15) is 0 Å². The summed E-state index contributed by atoms with van der Waals surface area (Å²) in [6.07, 6.45) is 3.99. The Morgan fingerprint density at radius 1 is 1.27 bits per heavy atom. The molecule has 0 unspecified atom stereocenters. The lowest BCUT2D eigenvalue weighted by Gasteiger charge is -2.33. The topological polar surface area (TPSA) is 19.4 Å². The molecule has 0 spiro atoms. The Labute approximate surface area is 103 Å². The van der Waals surface area contributed by atoms with E-state index in [0.29, 0.717) is 0 Å². The van der Waals surface area contributed by atoms with Crippen LogP contribution >= 0.6 is 27.9 Å². The van der Waals surface area contributed by atoms with Gasteiger partial charge in [0.2, 0.25) is 0 Å². The number of halogens is 1. The molecule has 2 heterocycles. The minimum atomic E-state index is 1.04. The number of aromatic nitrogens is 1. The summed E-state index contributed by atoms with van der Waals surface area (Å²) in [5.74, 6) is 1.08. The van der Waals surface area contributed by atoms with E-state index in [0.717, 1.165) is 36.5 Å². The van der Waals surface area contributed by atoms with Gasteiger partial charge in [-0.15, -0.1) is 0 Å². The number of hydrogen-bond donors (Lipinski definition) is 0. The maximum absolute atomic E-state index is 4.41. The van der Waals surface area contributed by atoms with E-state index >= 15 is 0 Å². The van der Waals surface area contributed by atoms with E-state index in [2.05, 4.69) is 42.4 Å². The van der Waals surface area contributed by atoms with Gasteiger partial charge in [0, 0.05) is 36.8 Å². The molecule has 2 rings (SSSR count). The standard InChI is InChI=1S/C10H14BrN3S/c1-15-14-6-4-13(5-7-14)10-3-2-9(11)8-12-10/h2-3,8H,4-7H2,1H3. The molecular formula is C10H14BrN3S. The van der Waals surface area contributed by atoms with Gasteiger partial charge in [-0.05, 0) is 34.3 Å². The van der Waals surface area contributed by atoms with Crippen LogP contribution in [-0.2, 0) is 0 Å². The maximum Gasteiger partial charge on any atom is 0.128 e. The van der Waals surface area contributed by atoms with Crippen molar-refractivity contribution in [1.82, 2.24) is 9.29 Å². The number of pyridine rings is 1. The Morgan fingerprint density at radius 2 is 2.00 bits per heavy atom. The number of hydrogen-bond acceptors (Lipinski definition) is 4. The van der Waals surface area contributed by atoms with Crippen LogP contribution in [0.25, 0.3) is 0 Å². The normalized spacial score (nSPS) is 18.1. The van der Waals surface area contributed by atoms with Crippen molar-refractivity contribution >= 4 is 33.7 Å². The Hall–Kier alpha value is -0.260. The molecule has 1 aromatic rings. The van der Waals surface area contributed by atoms with E-state index in [-0.39, 0.29) is 0 Å². The highest BCUT2D eigenvalue weighted by atomic mass is 79.9. The molecule has 1 aliphatic heterocycles. The van der Waals surface area contributed by atoms with Gasteiger partial charge in [-0.3, -0.25) is 0 Å². The largest absolute Gasteiger partial charge is 0.354 e. The van der Waals surface area contributed by atoms with Crippen LogP contribution in [0, 0.1) is 0 Å². The van der Waals surface area contributed by atoms with E-state index in [1.165, 1.54) is 0 Å². The molecule has 1 aromatic heterocycles. The van der Waals surface area contributed by atoms with Crippen molar-refractivity contribution in [3.8, 4) is 0 Å². The summed E-state index contributed by atoms with van der Waals surface area (Å²) in [7, 11) is 0. The summed E-state index contributed by atoms with van der Waals surface area (Å²) in [5, 5.41) is 0. The lowest BCUT2D eigenvalue weighted by molar-refractivity contribution is 0.429. The third-order valence-corrected chi connectivity index (χ3v) is 3.88. The highest BCUT2D eigenvalue weighted by molar-refractivity contribution is 9.10. The van der Waals surface area contributed by atoms with Crippen molar-refractivity contribution in [3.63, 3.8) is 0 Å². The molecule has 0 aliphatic carbocycles. The van der Waals surface area contributed by atoms with Gasteiger partial charge in [-0.25, -0.2) is 9.29 Å². The van der Waals surface area contributed by atoms with Gasteiger partial charge in [0.15, 0.2) is 0 Å². The molecule has 0 atom stereocenters. The van der Waals surface area contributed by atoms with Crippen LogP contribution in [0.2, 0.25) is 0 Å². The predicted octanol–water partition coefficient (Wildman–Crippen LogP) is 2.24. The molecule has 1 saturated heterocycles. The summed E-state index contributed by atoms with van der Waals surface area (Å²) < 4.78 is 3.42. The van der Waals surface area contributed by atoms with E-state index in [1.807, 2.05) is 24.2 Å². The van der Waals surface area contributed by atoms with Crippen molar-refractivity contribution in [2.24, 2.45) is 0 Å². The summed E-state index contributed by atoms with van der Waals surface area (Å²) in [6, 6.07) is 4.11. The molecule has 5 heteroatoms. The zero-order valence-electron chi connectivity index (χ0n) is 8.69. The van der Waals surface area contributed by atoms with Crippen LogP contribution < -0.4 is 4.90 Å². The van der Waals surface area contributed by atoms with E-state index < -0.39 is 0 Å². The third-order valence-electron chi connectivity index (χ3n) is 2.53. The van der Waals surface area contributed by atoms with Crippen LogP contribution in [-0.4, -0.2) is 41.7 Å². The SMILES string of the molecule is CSN1CCN(c2ccc(Br)cn2)CC1. The summed E-state index contributed by atoms with van der Waals surface area (Å²) in [5.41, 5.74) is 0. The molecule has 15 heavy (non-hydrogen) atoms. The number of anilines is 1.